The zero-order valence-corrected chi connectivity index (χ0v) is 9.31. The van der Waals surface area contributed by atoms with Crippen molar-refractivity contribution in [1.82, 2.24) is 4.57 Å². The molecule has 2 aromatic rings. The summed E-state index contributed by atoms with van der Waals surface area (Å²) in [6.07, 6.45) is 0. The number of nitrogen functional groups attached to an aromatic ring is 1. The number of halogens is 1. The predicted molar refractivity (Wildman–Crippen MR) is 61.8 cm³/mol. The third kappa shape index (κ3) is 1.11. The molecular formula is C11H13ClN2. The molecule has 3 heteroatoms. The Bertz CT molecular complexity index is 467. The number of anilines is 1. The zero-order chi connectivity index (χ0) is 10.5. The summed E-state index contributed by atoms with van der Waals surface area (Å²) in [7, 11) is 2.04. The van der Waals surface area contributed by atoms with Crippen LogP contribution in [-0.2, 0) is 7.05 Å². The number of benzene rings is 1. The third-order valence-electron chi connectivity index (χ3n) is 2.93. The highest BCUT2D eigenvalue weighted by Crippen LogP contribution is 2.30. The second-order valence-electron chi connectivity index (χ2n) is 3.66. The maximum absolute atomic E-state index is 5.98. The molecule has 0 spiro atoms. The van der Waals surface area contributed by atoms with Gasteiger partial charge in [-0.15, -0.1) is 0 Å². The van der Waals surface area contributed by atoms with E-state index in [1.165, 1.54) is 16.6 Å². The van der Waals surface area contributed by atoms with Gasteiger partial charge in [-0.1, -0.05) is 11.6 Å². The van der Waals surface area contributed by atoms with Gasteiger partial charge in [0.25, 0.3) is 0 Å². The van der Waals surface area contributed by atoms with Crippen LogP contribution in [0, 0.1) is 13.8 Å². The van der Waals surface area contributed by atoms with Crippen molar-refractivity contribution in [3.05, 3.63) is 28.4 Å². The summed E-state index contributed by atoms with van der Waals surface area (Å²) < 4.78 is 2.13. The summed E-state index contributed by atoms with van der Waals surface area (Å²) >= 11 is 5.98. The van der Waals surface area contributed by atoms with E-state index in [2.05, 4.69) is 18.4 Å². The topological polar surface area (TPSA) is 30.9 Å². The van der Waals surface area contributed by atoms with Crippen LogP contribution < -0.4 is 5.73 Å². The van der Waals surface area contributed by atoms with Gasteiger partial charge in [0.2, 0.25) is 0 Å². The van der Waals surface area contributed by atoms with Gasteiger partial charge in [-0.3, -0.25) is 0 Å². The van der Waals surface area contributed by atoms with Crippen LogP contribution in [0.2, 0.25) is 5.02 Å². The van der Waals surface area contributed by atoms with E-state index in [9.17, 15) is 0 Å². The number of hydrogen-bond donors (Lipinski definition) is 1. The summed E-state index contributed by atoms with van der Waals surface area (Å²) in [6, 6.07) is 3.87. The van der Waals surface area contributed by atoms with Gasteiger partial charge in [0.05, 0.1) is 10.7 Å². The molecule has 1 aromatic heterocycles. The van der Waals surface area contributed by atoms with Crippen molar-refractivity contribution in [3.8, 4) is 0 Å². The SMILES string of the molecule is Cc1c(C)n(C)c2cc(Cl)c(N)cc12. The summed E-state index contributed by atoms with van der Waals surface area (Å²) in [5.41, 5.74) is 10.1. The van der Waals surface area contributed by atoms with Crippen LogP contribution in [-0.4, -0.2) is 4.57 Å². The molecule has 2 rings (SSSR count). The first-order chi connectivity index (χ1) is 6.52. The molecule has 1 aromatic carbocycles. The average molecular weight is 209 g/mol. The largest absolute Gasteiger partial charge is 0.398 e. The van der Waals surface area contributed by atoms with Gasteiger partial charge in [0.1, 0.15) is 0 Å². The highest BCUT2D eigenvalue weighted by atomic mass is 35.5. The maximum atomic E-state index is 5.98. The molecule has 2 nitrogen and oxygen atoms in total. The van der Waals surface area contributed by atoms with Crippen molar-refractivity contribution in [3.63, 3.8) is 0 Å². The molecule has 0 radical (unpaired) electrons. The standard InChI is InChI=1S/C11H13ClN2/c1-6-7(2)14(3)11-5-9(12)10(13)4-8(6)11/h4-5H,13H2,1-3H3. The van der Waals surface area contributed by atoms with E-state index in [4.69, 9.17) is 17.3 Å². The van der Waals surface area contributed by atoms with Crippen LogP contribution >= 0.6 is 11.6 Å². The van der Waals surface area contributed by atoms with Crippen molar-refractivity contribution in [2.45, 2.75) is 13.8 Å². The Morgan fingerprint density at radius 3 is 2.57 bits per heavy atom. The fraction of sp³-hybridized carbons (Fsp3) is 0.273. The molecule has 14 heavy (non-hydrogen) atoms. The fourth-order valence-corrected chi connectivity index (χ4v) is 1.94. The van der Waals surface area contributed by atoms with E-state index >= 15 is 0 Å². The van der Waals surface area contributed by atoms with E-state index in [-0.39, 0.29) is 0 Å². The van der Waals surface area contributed by atoms with Gasteiger partial charge in [0.15, 0.2) is 0 Å². The molecule has 0 aliphatic carbocycles. The second kappa shape index (κ2) is 2.92. The first-order valence-corrected chi connectivity index (χ1v) is 4.90. The van der Waals surface area contributed by atoms with Crippen LogP contribution in [0.25, 0.3) is 10.9 Å². The van der Waals surface area contributed by atoms with E-state index in [1.807, 2.05) is 19.2 Å². The lowest BCUT2D eigenvalue weighted by molar-refractivity contribution is 0.910. The fourth-order valence-electron chi connectivity index (χ4n) is 1.78. The Balaban J connectivity index is 2.96. The number of rotatable bonds is 0. The lowest BCUT2D eigenvalue weighted by Crippen LogP contribution is -1.91. The molecule has 0 bridgehead atoms. The van der Waals surface area contributed by atoms with Crippen LogP contribution in [0.15, 0.2) is 12.1 Å². The predicted octanol–water partition coefficient (Wildman–Crippen LogP) is 3.03. The molecule has 0 fully saturated rings. The number of hydrogen-bond acceptors (Lipinski definition) is 1. The van der Waals surface area contributed by atoms with E-state index in [1.54, 1.807) is 0 Å². The molecular weight excluding hydrogens is 196 g/mol. The first kappa shape index (κ1) is 9.41. The Kier molecular flexibility index (Phi) is 1.96. The van der Waals surface area contributed by atoms with Crippen molar-refractivity contribution in [2.75, 3.05) is 5.73 Å². The molecule has 1 heterocycles. The monoisotopic (exact) mass is 208 g/mol. The second-order valence-corrected chi connectivity index (χ2v) is 4.07. The van der Waals surface area contributed by atoms with Gasteiger partial charge in [-0.05, 0) is 31.5 Å². The van der Waals surface area contributed by atoms with E-state index < -0.39 is 0 Å². The summed E-state index contributed by atoms with van der Waals surface area (Å²) in [5, 5.41) is 1.81. The van der Waals surface area contributed by atoms with Gasteiger partial charge in [0, 0.05) is 23.6 Å². The molecule has 2 N–H and O–H groups in total. The van der Waals surface area contributed by atoms with Crippen molar-refractivity contribution in [1.29, 1.82) is 0 Å². The normalized spacial score (nSPS) is 11.1. The molecule has 0 amide bonds. The quantitative estimate of drug-likeness (QED) is 0.663. The molecule has 0 aliphatic heterocycles. The minimum Gasteiger partial charge on any atom is -0.398 e. The van der Waals surface area contributed by atoms with Gasteiger partial charge >= 0.3 is 0 Å². The van der Waals surface area contributed by atoms with E-state index in [0.717, 1.165) is 5.52 Å². The lowest BCUT2D eigenvalue weighted by atomic mass is 10.1. The summed E-state index contributed by atoms with van der Waals surface area (Å²) in [4.78, 5) is 0. The Morgan fingerprint density at radius 1 is 1.29 bits per heavy atom. The van der Waals surface area contributed by atoms with Crippen molar-refractivity contribution in [2.24, 2.45) is 7.05 Å². The zero-order valence-electron chi connectivity index (χ0n) is 8.56. The lowest BCUT2D eigenvalue weighted by Gasteiger charge is -2.01. The van der Waals surface area contributed by atoms with Gasteiger partial charge in [-0.25, -0.2) is 0 Å². The Morgan fingerprint density at radius 2 is 1.93 bits per heavy atom. The smallest absolute Gasteiger partial charge is 0.0656 e. The number of fused-ring (bicyclic) bond motifs is 1. The van der Waals surface area contributed by atoms with Crippen LogP contribution in [0.1, 0.15) is 11.3 Å². The Labute approximate surface area is 88.3 Å². The van der Waals surface area contributed by atoms with Crippen molar-refractivity contribution >= 4 is 28.2 Å². The number of nitrogens with two attached hydrogens (primary N) is 1. The summed E-state index contributed by atoms with van der Waals surface area (Å²) in [6.45, 7) is 4.20. The van der Waals surface area contributed by atoms with Crippen LogP contribution in [0.4, 0.5) is 5.69 Å². The van der Waals surface area contributed by atoms with Crippen molar-refractivity contribution < 1.29 is 0 Å². The molecule has 0 aliphatic rings. The van der Waals surface area contributed by atoms with Crippen LogP contribution in [0.5, 0.6) is 0 Å². The highest BCUT2D eigenvalue weighted by Gasteiger charge is 2.09. The summed E-state index contributed by atoms with van der Waals surface area (Å²) in [5.74, 6) is 0. The molecule has 0 unspecified atom stereocenters. The maximum Gasteiger partial charge on any atom is 0.0656 e. The third-order valence-corrected chi connectivity index (χ3v) is 3.25. The Hall–Kier alpha value is -1.15. The van der Waals surface area contributed by atoms with E-state index in [0.29, 0.717) is 10.7 Å². The number of nitrogens with zero attached hydrogens (tertiary/aromatic N) is 1. The first-order valence-electron chi connectivity index (χ1n) is 4.53. The van der Waals surface area contributed by atoms with Gasteiger partial charge in [-0.2, -0.15) is 0 Å². The minimum absolute atomic E-state index is 0.623. The number of aromatic nitrogens is 1. The molecule has 0 atom stereocenters. The van der Waals surface area contributed by atoms with Crippen LogP contribution in [0.3, 0.4) is 0 Å². The molecule has 0 saturated heterocycles. The molecule has 74 valence electrons. The van der Waals surface area contributed by atoms with Gasteiger partial charge < -0.3 is 10.3 Å². The number of aryl methyl sites for hydroxylation is 2. The minimum atomic E-state index is 0.623. The molecule has 0 saturated carbocycles. The highest BCUT2D eigenvalue weighted by molar-refractivity contribution is 6.33. The average Bonchev–Trinajstić information content (AvgIpc) is 2.34.